The standard InChI is InChI=1S/C17H16FN5/c1-3-11-4-10(8-19)5-13(18)16(11)22-12-6-14(20)17-15(7-12)23(2)9-21-17/h4-7,9,22H,3,20H2,1-2H3. The summed E-state index contributed by atoms with van der Waals surface area (Å²) in [6, 6.07) is 8.49. The third-order valence-corrected chi connectivity index (χ3v) is 3.81. The van der Waals surface area contributed by atoms with Gasteiger partial charge < -0.3 is 15.6 Å². The Balaban J connectivity index is 2.09. The number of fused-ring (bicyclic) bond motifs is 1. The van der Waals surface area contributed by atoms with Gasteiger partial charge in [0, 0.05) is 12.7 Å². The molecule has 0 saturated heterocycles. The third-order valence-electron chi connectivity index (χ3n) is 3.81. The number of anilines is 3. The third kappa shape index (κ3) is 2.57. The van der Waals surface area contributed by atoms with Crippen LogP contribution in [0.2, 0.25) is 0 Å². The number of nitrogens with zero attached hydrogens (tertiary/aromatic N) is 3. The van der Waals surface area contributed by atoms with Crippen molar-refractivity contribution in [2.75, 3.05) is 11.1 Å². The summed E-state index contributed by atoms with van der Waals surface area (Å²) in [4.78, 5) is 4.24. The summed E-state index contributed by atoms with van der Waals surface area (Å²) >= 11 is 0. The van der Waals surface area contributed by atoms with E-state index >= 15 is 0 Å². The number of benzene rings is 2. The molecule has 0 bridgehead atoms. The van der Waals surface area contributed by atoms with Crippen LogP contribution in [0.3, 0.4) is 0 Å². The average molecular weight is 309 g/mol. The van der Waals surface area contributed by atoms with Crippen LogP contribution in [0.1, 0.15) is 18.1 Å². The maximum atomic E-state index is 14.3. The summed E-state index contributed by atoms with van der Waals surface area (Å²) in [5.41, 5.74) is 10.2. The number of aromatic nitrogens is 2. The van der Waals surface area contributed by atoms with Gasteiger partial charge in [-0.25, -0.2) is 9.37 Å². The minimum atomic E-state index is -0.454. The van der Waals surface area contributed by atoms with Gasteiger partial charge in [-0.3, -0.25) is 0 Å². The number of nitrogens with one attached hydrogen (secondary N) is 1. The molecule has 0 spiro atoms. The number of nitriles is 1. The Morgan fingerprint density at radius 1 is 1.35 bits per heavy atom. The molecule has 1 heterocycles. The maximum absolute atomic E-state index is 14.3. The van der Waals surface area contributed by atoms with Crippen molar-refractivity contribution in [3.63, 3.8) is 0 Å². The van der Waals surface area contributed by atoms with E-state index in [1.807, 2.05) is 30.7 Å². The van der Waals surface area contributed by atoms with E-state index in [4.69, 9.17) is 11.0 Å². The van der Waals surface area contributed by atoms with E-state index in [9.17, 15) is 4.39 Å². The van der Waals surface area contributed by atoms with Gasteiger partial charge in [-0.2, -0.15) is 5.26 Å². The second-order valence-corrected chi connectivity index (χ2v) is 5.37. The Bertz CT molecular complexity index is 936. The number of rotatable bonds is 3. The van der Waals surface area contributed by atoms with Crippen molar-refractivity contribution >= 4 is 28.1 Å². The molecule has 0 amide bonds. The second kappa shape index (κ2) is 5.61. The molecular weight excluding hydrogens is 293 g/mol. The number of hydrogen-bond donors (Lipinski definition) is 2. The predicted molar refractivity (Wildman–Crippen MR) is 88.9 cm³/mol. The summed E-state index contributed by atoms with van der Waals surface area (Å²) < 4.78 is 16.2. The summed E-state index contributed by atoms with van der Waals surface area (Å²) in [6.07, 6.45) is 2.29. The van der Waals surface area contributed by atoms with Crippen molar-refractivity contribution in [3.8, 4) is 6.07 Å². The Hall–Kier alpha value is -3.07. The normalized spacial score (nSPS) is 10.7. The van der Waals surface area contributed by atoms with Crippen molar-refractivity contribution in [2.45, 2.75) is 13.3 Å². The van der Waals surface area contributed by atoms with Crippen LogP contribution in [0.4, 0.5) is 21.5 Å². The molecule has 6 heteroatoms. The molecule has 3 rings (SSSR count). The SMILES string of the molecule is CCc1cc(C#N)cc(F)c1Nc1cc(N)c2ncn(C)c2c1. The van der Waals surface area contributed by atoms with E-state index in [0.29, 0.717) is 34.6 Å². The zero-order chi connectivity index (χ0) is 16.6. The highest BCUT2D eigenvalue weighted by atomic mass is 19.1. The van der Waals surface area contributed by atoms with Crippen molar-refractivity contribution < 1.29 is 4.39 Å². The molecule has 0 unspecified atom stereocenters. The Kier molecular flexibility index (Phi) is 3.62. The van der Waals surface area contributed by atoms with Crippen LogP contribution < -0.4 is 11.1 Å². The van der Waals surface area contributed by atoms with Crippen molar-refractivity contribution in [2.24, 2.45) is 7.05 Å². The molecule has 0 atom stereocenters. The minimum absolute atomic E-state index is 0.312. The first kappa shape index (κ1) is 14.9. The van der Waals surface area contributed by atoms with Gasteiger partial charge in [0.15, 0.2) is 0 Å². The predicted octanol–water partition coefficient (Wildman–Crippen LogP) is 3.47. The van der Waals surface area contributed by atoms with Crippen LogP contribution in [0.25, 0.3) is 11.0 Å². The van der Waals surface area contributed by atoms with Gasteiger partial charge in [-0.05, 0) is 36.2 Å². The Morgan fingerprint density at radius 3 is 2.83 bits per heavy atom. The molecule has 0 aliphatic heterocycles. The van der Waals surface area contributed by atoms with Crippen LogP contribution in [0, 0.1) is 17.1 Å². The fourth-order valence-electron chi connectivity index (χ4n) is 2.62. The van der Waals surface area contributed by atoms with Gasteiger partial charge >= 0.3 is 0 Å². The number of nitrogens with two attached hydrogens (primary N) is 1. The van der Waals surface area contributed by atoms with Gasteiger partial charge in [-0.1, -0.05) is 6.92 Å². The first-order valence-corrected chi connectivity index (χ1v) is 7.23. The molecular formula is C17H16FN5. The summed E-state index contributed by atoms with van der Waals surface area (Å²) in [5.74, 6) is -0.454. The highest BCUT2D eigenvalue weighted by Crippen LogP contribution is 2.30. The number of halogens is 1. The molecule has 0 fully saturated rings. The number of imidazole rings is 1. The summed E-state index contributed by atoms with van der Waals surface area (Å²) in [6.45, 7) is 1.92. The first-order valence-electron chi connectivity index (χ1n) is 7.23. The van der Waals surface area contributed by atoms with Crippen LogP contribution in [-0.4, -0.2) is 9.55 Å². The monoisotopic (exact) mass is 309 g/mol. The molecule has 2 aromatic carbocycles. The highest BCUT2D eigenvalue weighted by molar-refractivity contribution is 5.91. The lowest BCUT2D eigenvalue weighted by Gasteiger charge is -2.13. The lowest BCUT2D eigenvalue weighted by Crippen LogP contribution is -2.01. The highest BCUT2D eigenvalue weighted by Gasteiger charge is 2.12. The van der Waals surface area contributed by atoms with E-state index < -0.39 is 5.82 Å². The molecule has 0 aliphatic rings. The average Bonchev–Trinajstić information content (AvgIpc) is 2.91. The van der Waals surface area contributed by atoms with Crippen molar-refractivity contribution in [1.82, 2.24) is 9.55 Å². The molecule has 116 valence electrons. The van der Waals surface area contributed by atoms with Crippen LogP contribution in [-0.2, 0) is 13.5 Å². The molecule has 0 aliphatic carbocycles. The smallest absolute Gasteiger partial charge is 0.148 e. The van der Waals surface area contributed by atoms with Crippen LogP contribution in [0.5, 0.6) is 0 Å². The Labute approximate surface area is 133 Å². The molecule has 3 N–H and O–H groups in total. The number of nitrogen functional groups attached to an aromatic ring is 1. The number of hydrogen-bond acceptors (Lipinski definition) is 4. The lowest BCUT2D eigenvalue weighted by molar-refractivity contribution is 0.629. The summed E-state index contributed by atoms with van der Waals surface area (Å²) in [7, 11) is 1.87. The van der Waals surface area contributed by atoms with E-state index in [1.54, 1.807) is 18.5 Å². The van der Waals surface area contributed by atoms with E-state index in [2.05, 4.69) is 10.3 Å². The fraction of sp³-hybridized carbons (Fsp3) is 0.176. The maximum Gasteiger partial charge on any atom is 0.148 e. The summed E-state index contributed by atoms with van der Waals surface area (Å²) in [5, 5.41) is 12.0. The van der Waals surface area contributed by atoms with Crippen LogP contribution in [0.15, 0.2) is 30.6 Å². The minimum Gasteiger partial charge on any atom is -0.397 e. The van der Waals surface area contributed by atoms with Gasteiger partial charge in [0.2, 0.25) is 0 Å². The second-order valence-electron chi connectivity index (χ2n) is 5.37. The van der Waals surface area contributed by atoms with Gasteiger partial charge in [0.1, 0.15) is 11.3 Å². The van der Waals surface area contributed by atoms with Gasteiger partial charge in [0.05, 0.1) is 34.9 Å². The molecule has 1 aromatic heterocycles. The molecule has 5 nitrogen and oxygen atoms in total. The van der Waals surface area contributed by atoms with Gasteiger partial charge in [-0.15, -0.1) is 0 Å². The molecule has 3 aromatic rings. The number of aryl methyl sites for hydroxylation is 2. The zero-order valence-corrected chi connectivity index (χ0v) is 12.9. The first-order chi connectivity index (χ1) is 11.0. The van der Waals surface area contributed by atoms with Crippen molar-refractivity contribution in [3.05, 3.63) is 47.5 Å². The van der Waals surface area contributed by atoms with Gasteiger partial charge in [0.25, 0.3) is 0 Å². The van der Waals surface area contributed by atoms with Crippen LogP contribution >= 0.6 is 0 Å². The quantitative estimate of drug-likeness (QED) is 0.726. The van der Waals surface area contributed by atoms with E-state index in [1.165, 1.54) is 6.07 Å². The molecule has 0 saturated carbocycles. The lowest BCUT2D eigenvalue weighted by atomic mass is 10.1. The largest absolute Gasteiger partial charge is 0.397 e. The fourth-order valence-corrected chi connectivity index (χ4v) is 2.62. The van der Waals surface area contributed by atoms with E-state index in [0.717, 1.165) is 11.1 Å². The van der Waals surface area contributed by atoms with E-state index in [-0.39, 0.29) is 0 Å². The molecule has 0 radical (unpaired) electrons. The Morgan fingerprint density at radius 2 is 2.13 bits per heavy atom. The topological polar surface area (TPSA) is 79.7 Å². The zero-order valence-electron chi connectivity index (χ0n) is 12.9. The molecule has 23 heavy (non-hydrogen) atoms. The van der Waals surface area contributed by atoms with Crippen molar-refractivity contribution in [1.29, 1.82) is 5.26 Å².